The second kappa shape index (κ2) is 5.52. The Bertz CT molecular complexity index is 404. The largest absolute Gasteiger partial charge is 0.393 e. The van der Waals surface area contributed by atoms with E-state index < -0.39 is 0 Å². The number of aliphatic hydroxyl groups excluding tert-OH is 1. The van der Waals surface area contributed by atoms with Gasteiger partial charge in [0.15, 0.2) is 0 Å². The summed E-state index contributed by atoms with van der Waals surface area (Å²) >= 11 is 0. The van der Waals surface area contributed by atoms with Gasteiger partial charge in [0.05, 0.1) is 6.10 Å². The van der Waals surface area contributed by atoms with Gasteiger partial charge in [-0.05, 0) is 25.2 Å². The van der Waals surface area contributed by atoms with Crippen LogP contribution in [0.2, 0.25) is 0 Å². The highest BCUT2D eigenvalue weighted by Gasteiger charge is 2.28. The van der Waals surface area contributed by atoms with Crippen molar-refractivity contribution in [3.63, 3.8) is 0 Å². The smallest absolute Gasteiger partial charge is 0.137 e. The molecule has 0 atom stereocenters. The molecule has 1 fully saturated rings. The van der Waals surface area contributed by atoms with Crippen LogP contribution in [0.5, 0.6) is 0 Å². The SMILES string of the molecule is CCc1c(NC)ncnc1N(C)CC1CC(O)C1. The maximum absolute atomic E-state index is 9.33. The fraction of sp³-hybridized carbons (Fsp3) is 0.692. The van der Waals surface area contributed by atoms with Crippen LogP contribution in [0.1, 0.15) is 25.3 Å². The Kier molecular flexibility index (Phi) is 4.01. The van der Waals surface area contributed by atoms with Crippen molar-refractivity contribution in [3.05, 3.63) is 11.9 Å². The number of aliphatic hydroxyl groups is 1. The molecule has 1 aromatic heterocycles. The van der Waals surface area contributed by atoms with Crippen LogP contribution in [0.4, 0.5) is 11.6 Å². The minimum Gasteiger partial charge on any atom is -0.393 e. The van der Waals surface area contributed by atoms with Crippen LogP contribution < -0.4 is 10.2 Å². The van der Waals surface area contributed by atoms with Crippen molar-refractivity contribution in [2.24, 2.45) is 5.92 Å². The minimum atomic E-state index is -0.0904. The number of aromatic nitrogens is 2. The van der Waals surface area contributed by atoms with E-state index in [0.29, 0.717) is 5.92 Å². The monoisotopic (exact) mass is 250 g/mol. The number of rotatable bonds is 5. The molecule has 0 bridgehead atoms. The molecule has 1 saturated carbocycles. The van der Waals surface area contributed by atoms with Gasteiger partial charge in [-0.25, -0.2) is 9.97 Å². The maximum Gasteiger partial charge on any atom is 0.137 e. The average Bonchev–Trinajstić information content (AvgIpc) is 2.35. The van der Waals surface area contributed by atoms with E-state index in [2.05, 4.69) is 34.2 Å². The second-order valence-corrected chi connectivity index (χ2v) is 5.00. The van der Waals surface area contributed by atoms with Gasteiger partial charge in [0.1, 0.15) is 18.0 Å². The Balaban J connectivity index is 2.11. The van der Waals surface area contributed by atoms with Crippen LogP contribution in [0.3, 0.4) is 0 Å². The average molecular weight is 250 g/mol. The van der Waals surface area contributed by atoms with Gasteiger partial charge in [-0.3, -0.25) is 0 Å². The molecule has 0 spiro atoms. The van der Waals surface area contributed by atoms with E-state index in [1.54, 1.807) is 6.33 Å². The van der Waals surface area contributed by atoms with Gasteiger partial charge in [0.25, 0.3) is 0 Å². The highest BCUT2D eigenvalue weighted by Crippen LogP contribution is 2.30. The molecule has 100 valence electrons. The van der Waals surface area contributed by atoms with E-state index in [-0.39, 0.29) is 6.10 Å². The highest BCUT2D eigenvalue weighted by atomic mass is 16.3. The lowest BCUT2D eigenvalue weighted by Gasteiger charge is -2.35. The molecule has 0 aliphatic heterocycles. The van der Waals surface area contributed by atoms with Crippen LogP contribution in [-0.2, 0) is 6.42 Å². The van der Waals surface area contributed by atoms with Crippen molar-refractivity contribution in [2.75, 3.05) is 30.9 Å². The van der Waals surface area contributed by atoms with Crippen LogP contribution in [0, 0.1) is 5.92 Å². The van der Waals surface area contributed by atoms with Gasteiger partial charge in [0, 0.05) is 26.2 Å². The molecule has 18 heavy (non-hydrogen) atoms. The predicted molar refractivity (Wildman–Crippen MR) is 73.0 cm³/mol. The molecule has 1 aliphatic carbocycles. The van der Waals surface area contributed by atoms with E-state index in [9.17, 15) is 5.11 Å². The Morgan fingerprint density at radius 1 is 1.44 bits per heavy atom. The zero-order valence-electron chi connectivity index (χ0n) is 11.3. The molecule has 2 rings (SSSR count). The third-order valence-electron chi connectivity index (χ3n) is 3.62. The summed E-state index contributed by atoms with van der Waals surface area (Å²) in [4.78, 5) is 10.8. The Morgan fingerprint density at radius 2 is 2.17 bits per heavy atom. The highest BCUT2D eigenvalue weighted by molar-refractivity contribution is 5.58. The van der Waals surface area contributed by atoms with Crippen molar-refractivity contribution in [2.45, 2.75) is 32.3 Å². The zero-order chi connectivity index (χ0) is 13.1. The Hall–Kier alpha value is -1.36. The zero-order valence-corrected chi connectivity index (χ0v) is 11.3. The molecule has 0 amide bonds. The van der Waals surface area contributed by atoms with E-state index >= 15 is 0 Å². The van der Waals surface area contributed by atoms with E-state index in [1.807, 2.05) is 7.05 Å². The van der Waals surface area contributed by atoms with Crippen molar-refractivity contribution in [1.29, 1.82) is 0 Å². The summed E-state index contributed by atoms with van der Waals surface area (Å²) in [5, 5.41) is 12.4. The fourth-order valence-corrected chi connectivity index (χ4v) is 2.60. The van der Waals surface area contributed by atoms with Crippen molar-refractivity contribution < 1.29 is 5.11 Å². The summed E-state index contributed by atoms with van der Waals surface area (Å²) < 4.78 is 0. The van der Waals surface area contributed by atoms with Gasteiger partial charge in [0.2, 0.25) is 0 Å². The summed E-state index contributed by atoms with van der Waals surface area (Å²) in [5.41, 5.74) is 1.15. The number of hydrogen-bond donors (Lipinski definition) is 2. The minimum absolute atomic E-state index is 0.0904. The van der Waals surface area contributed by atoms with Crippen LogP contribution in [0.25, 0.3) is 0 Å². The molecule has 0 aromatic carbocycles. The molecule has 0 unspecified atom stereocenters. The molecular weight excluding hydrogens is 228 g/mol. The quantitative estimate of drug-likeness (QED) is 0.824. The number of anilines is 2. The number of hydrogen-bond acceptors (Lipinski definition) is 5. The van der Waals surface area contributed by atoms with E-state index in [1.165, 1.54) is 0 Å². The first-order valence-electron chi connectivity index (χ1n) is 6.56. The summed E-state index contributed by atoms with van der Waals surface area (Å²) in [6.07, 6.45) is 4.24. The molecule has 1 heterocycles. The number of nitrogens with one attached hydrogen (secondary N) is 1. The summed E-state index contributed by atoms with van der Waals surface area (Å²) in [7, 11) is 3.94. The molecule has 0 radical (unpaired) electrons. The molecule has 5 heteroatoms. The molecule has 0 saturated heterocycles. The predicted octanol–water partition coefficient (Wildman–Crippen LogP) is 1.29. The standard InChI is InChI=1S/C13H22N4O/c1-4-11-12(14-2)15-8-16-13(11)17(3)7-9-5-10(18)6-9/h8-10,18H,4-7H2,1-3H3,(H,14,15,16). The first kappa shape index (κ1) is 13.1. The van der Waals surface area contributed by atoms with Crippen molar-refractivity contribution in [1.82, 2.24) is 9.97 Å². The van der Waals surface area contributed by atoms with Gasteiger partial charge in [-0.1, -0.05) is 6.92 Å². The van der Waals surface area contributed by atoms with Crippen LogP contribution in [0.15, 0.2) is 6.33 Å². The third kappa shape index (κ3) is 2.56. The van der Waals surface area contributed by atoms with Gasteiger partial charge >= 0.3 is 0 Å². The topological polar surface area (TPSA) is 61.3 Å². The van der Waals surface area contributed by atoms with Gasteiger partial charge in [-0.2, -0.15) is 0 Å². The van der Waals surface area contributed by atoms with Crippen molar-refractivity contribution >= 4 is 11.6 Å². The number of nitrogens with zero attached hydrogens (tertiary/aromatic N) is 3. The first-order chi connectivity index (χ1) is 8.65. The van der Waals surface area contributed by atoms with Crippen LogP contribution in [-0.4, -0.2) is 41.8 Å². The molecular formula is C13H22N4O. The van der Waals surface area contributed by atoms with E-state index in [4.69, 9.17) is 0 Å². The fourth-order valence-electron chi connectivity index (χ4n) is 2.60. The van der Waals surface area contributed by atoms with Crippen LogP contribution >= 0.6 is 0 Å². The second-order valence-electron chi connectivity index (χ2n) is 5.00. The van der Waals surface area contributed by atoms with Gasteiger partial charge in [-0.15, -0.1) is 0 Å². The normalized spacial score (nSPS) is 22.4. The lowest BCUT2D eigenvalue weighted by Crippen LogP contribution is -2.37. The summed E-state index contributed by atoms with van der Waals surface area (Å²) in [6, 6.07) is 0. The molecule has 1 aliphatic rings. The van der Waals surface area contributed by atoms with Gasteiger partial charge < -0.3 is 15.3 Å². The molecule has 1 aromatic rings. The van der Waals surface area contributed by atoms with E-state index in [0.717, 1.165) is 43.0 Å². The molecule has 2 N–H and O–H groups in total. The summed E-state index contributed by atoms with van der Waals surface area (Å²) in [5.74, 6) is 2.49. The third-order valence-corrected chi connectivity index (χ3v) is 3.62. The van der Waals surface area contributed by atoms with Crippen molar-refractivity contribution in [3.8, 4) is 0 Å². The lowest BCUT2D eigenvalue weighted by molar-refractivity contribution is 0.0464. The summed E-state index contributed by atoms with van der Waals surface area (Å²) in [6.45, 7) is 3.06. The molecule has 5 nitrogen and oxygen atoms in total. The maximum atomic E-state index is 9.33. The Labute approximate surface area is 108 Å². The Morgan fingerprint density at radius 3 is 2.72 bits per heavy atom. The lowest BCUT2D eigenvalue weighted by atomic mass is 9.82. The first-order valence-corrected chi connectivity index (χ1v) is 6.56.